The van der Waals surface area contributed by atoms with E-state index in [1.165, 1.54) is 11.6 Å². The number of carbonyl (C=O) groups excluding carboxylic acids is 1. The number of carbonyl (C=O) groups is 1. The van der Waals surface area contributed by atoms with Gasteiger partial charge in [0, 0.05) is 16.2 Å². The first kappa shape index (κ1) is 13.6. The standard InChI is InChI=1S/C16H14BrNO/c1-12-2-4-13(5-3-12)6-11-16(19)18-15-9-7-14(17)8-10-15/h2-11H,1H3,(H,18,19)/b11-6+. The molecule has 2 nitrogen and oxygen atoms in total. The minimum absolute atomic E-state index is 0.136. The molecule has 96 valence electrons. The lowest BCUT2D eigenvalue weighted by Gasteiger charge is -2.01. The number of rotatable bonds is 3. The molecule has 1 N–H and O–H groups in total. The van der Waals surface area contributed by atoms with Crippen LogP contribution >= 0.6 is 15.9 Å². The molecule has 19 heavy (non-hydrogen) atoms. The van der Waals surface area contributed by atoms with Crippen molar-refractivity contribution < 1.29 is 4.79 Å². The first-order valence-electron chi connectivity index (χ1n) is 5.95. The highest BCUT2D eigenvalue weighted by molar-refractivity contribution is 9.10. The molecule has 2 aromatic rings. The van der Waals surface area contributed by atoms with E-state index in [4.69, 9.17) is 0 Å². The van der Waals surface area contributed by atoms with Crippen molar-refractivity contribution in [1.82, 2.24) is 0 Å². The molecule has 0 saturated heterocycles. The lowest BCUT2D eigenvalue weighted by molar-refractivity contribution is -0.111. The van der Waals surface area contributed by atoms with Crippen LogP contribution in [0.3, 0.4) is 0 Å². The maximum absolute atomic E-state index is 11.7. The summed E-state index contributed by atoms with van der Waals surface area (Å²) in [5, 5.41) is 2.80. The average Bonchev–Trinajstić information content (AvgIpc) is 2.41. The zero-order valence-corrected chi connectivity index (χ0v) is 12.1. The molecule has 0 atom stereocenters. The van der Waals surface area contributed by atoms with E-state index < -0.39 is 0 Å². The third kappa shape index (κ3) is 4.38. The molecule has 0 aliphatic rings. The number of amides is 1. The number of hydrogen-bond donors (Lipinski definition) is 1. The predicted octanol–water partition coefficient (Wildman–Crippen LogP) is 4.41. The van der Waals surface area contributed by atoms with Gasteiger partial charge in [0.05, 0.1) is 0 Å². The Morgan fingerprint density at radius 3 is 2.32 bits per heavy atom. The number of nitrogens with one attached hydrogen (secondary N) is 1. The second-order valence-corrected chi connectivity index (χ2v) is 5.16. The van der Waals surface area contributed by atoms with Gasteiger partial charge in [-0.25, -0.2) is 0 Å². The molecule has 3 heteroatoms. The van der Waals surface area contributed by atoms with E-state index in [2.05, 4.69) is 21.2 Å². The third-order valence-electron chi connectivity index (χ3n) is 2.62. The number of anilines is 1. The van der Waals surface area contributed by atoms with Gasteiger partial charge < -0.3 is 5.32 Å². The van der Waals surface area contributed by atoms with E-state index in [-0.39, 0.29) is 5.91 Å². The van der Waals surface area contributed by atoms with Gasteiger partial charge in [0.2, 0.25) is 5.91 Å². The smallest absolute Gasteiger partial charge is 0.248 e. The van der Waals surface area contributed by atoms with E-state index in [0.717, 1.165) is 15.7 Å². The summed E-state index contributed by atoms with van der Waals surface area (Å²) in [4.78, 5) is 11.7. The van der Waals surface area contributed by atoms with Crippen molar-refractivity contribution in [2.75, 3.05) is 5.32 Å². The molecule has 0 saturated carbocycles. The van der Waals surface area contributed by atoms with E-state index in [0.29, 0.717) is 0 Å². The minimum Gasteiger partial charge on any atom is -0.323 e. The Morgan fingerprint density at radius 1 is 1.05 bits per heavy atom. The number of hydrogen-bond acceptors (Lipinski definition) is 1. The van der Waals surface area contributed by atoms with Crippen LogP contribution in [0.1, 0.15) is 11.1 Å². The fourth-order valence-electron chi connectivity index (χ4n) is 1.57. The molecule has 2 aromatic carbocycles. The Labute approximate surface area is 121 Å². The van der Waals surface area contributed by atoms with Crippen LogP contribution in [-0.2, 0) is 4.79 Å². The van der Waals surface area contributed by atoms with Gasteiger partial charge in [-0.05, 0) is 42.8 Å². The largest absolute Gasteiger partial charge is 0.323 e. The quantitative estimate of drug-likeness (QED) is 0.835. The Kier molecular flexibility index (Phi) is 4.53. The van der Waals surface area contributed by atoms with Gasteiger partial charge in [-0.15, -0.1) is 0 Å². The number of benzene rings is 2. The number of halogens is 1. The summed E-state index contributed by atoms with van der Waals surface area (Å²) >= 11 is 3.35. The van der Waals surface area contributed by atoms with Crippen molar-refractivity contribution in [2.24, 2.45) is 0 Å². The average molecular weight is 316 g/mol. The lowest BCUT2D eigenvalue weighted by atomic mass is 10.1. The molecule has 0 heterocycles. The van der Waals surface area contributed by atoms with Crippen molar-refractivity contribution >= 4 is 33.6 Å². The third-order valence-corrected chi connectivity index (χ3v) is 3.14. The Morgan fingerprint density at radius 2 is 1.68 bits per heavy atom. The highest BCUT2D eigenvalue weighted by atomic mass is 79.9. The van der Waals surface area contributed by atoms with Crippen molar-refractivity contribution in [2.45, 2.75) is 6.92 Å². The van der Waals surface area contributed by atoms with Crippen molar-refractivity contribution in [1.29, 1.82) is 0 Å². The molecule has 0 aromatic heterocycles. The van der Waals surface area contributed by atoms with E-state index in [1.54, 1.807) is 6.08 Å². The van der Waals surface area contributed by atoms with Gasteiger partial charge in [-0.2, -0.15) is 0 Å². The van der Waals surface area contributed by atoms with E-state index >= 15 is 0 Å². The first-order valence-corrected chi connectivity index (χ1v) is 6.74. The van der Waals surface area contributed by atoms with Crippen molar-refractivity contribution in [3.05, 3.63) is 70.2 Å². The molecule has 0 radical (unpaired) electrons. The van der Waals surface area contributed by atoms with Gasteiger partial charge in [-0.1, -0.05) is 45.8 Å². The van der Waals surface area contributed by atoms with Gasteiger partial charge in [0.15, 0.2) is 0 Å². The topological polar surface area (TPSA) is 29.1 Å². The van der Waals surface area contributed by atoms with Gasteiger partial charge in [0.25, 0.3) is 0 Å². The number of aryl methyl sites for hydroxylation is 1. The van der Waals surface area contributed by atoms with Crippen LogP contribution in [0.25, 0.3) is 6.08 Å². The van der Waals surface area contributed by atoms with Gasteiger partial charge >= 0.3 is 0 Å². The zero-order chi connectivity index (χ0) is 13.7. The van der Waals surface area contributed by atoms with E-state index in [9.17, 15) is 4.79 Å². The molecule has 0 unspecified atom stereocenters. The predicted molar refractivity (Wildman–Crippen MR) is 83.0 cm³/mol. The van der Waals surface area contributed by atoms with E-state index in [1.807, 2.05) is 55.5 Å². The summed E-state index contributed by atoms with van der Waals surface area (Å²) in [5.41, 5.74) is 3.00. The molecule has 1 amide bonds. The van der Waals surface area contributed by atoms with Gasteiger partial charge in [-0.3, -0.25) is 4.79 Å². The maximum Gasteiger partial charge on any atom is 0.248 e. The second kappa shape index (κ2) is 6.34. The highest BCUT2D eigenvalue weighted by Crippen LogP contribution is 2.14. The van der Waals surface area contributed by atoms with Crippen molar-refractivity contribution in [3.63, 3.8) is 0 Å². The molecular formula is C16H14BrNO. The normalized spacial score (nSPS) is 10.6. The summed E-state index contributed by atoms with van der Waals surface area (Å²) in [5.74, 6) is -0.136. The molecule has 0 fully saturated rings. The van der Waals surface area contributed by atoms with Crippen LogP contribution in [0.2, 0.25) is 0 Å². The maximum atomic E-state index is 11.7. The van der Waals surface area contributed by atoms with Crippen LogP contribution in [0.4, 0.5) is 5.69 Å². The van der Waals surface area contributed by atoms with Crippen LogP contribution in [0.5, 0.6) is 0 Å². The Bertz CT molecular complexity index is 585. The lowest BCUT2D eigenvalue weighted by Crippen LogP contribution is -2.07. The summed E-state index contributed by atoms with van der Waals surface area (Å²) < 4.78 is 0.987. The fraction of sp³-hybridized carbons (Fsp3) is 0.0625. The Balaban J connectivity index is 1.97. The highest BCUT2D eigenvalue weighted by Gasteiger charge is 1.97. The summed E-state index contributed by atoms with van der Waals surface area (Å²) in [6.07, 6.45) is 3.33. The summed E-state index contributed by atoms with van der Waals surface area (Å²) in [6, 6.07) is 15.5. The fourth-order valence-corrected chi connectivity index (χ4v) is 1.83. The molecule has 2 rings (SSSR count). The zero-order valence-electron chi connectivity index (χ0n) is 10.6. The van der Waals surface area contributed by atoms with Crippen molar-refractivity contribution in [3.8, 4) is 0 Å². The monoisotopic (exact) mass is 315 g/mol. The van der Waals surface area contributed by atoms with Gasteiger partial charge in [0.1, 0.15) is 0 Å². The van der Waals surface area contributed by atoms with Crippen LogP contribution in [-0.4, -0.2) is 5.91 Å². The first-order chi connectivity index (χ1) is 9.13. The molecule has 0 aliphatic heterocycles. The SMILES string of the molecule is Cc1ccc(/C=C/C(=O)Nc2ccc(Br)cc2)cc1. The summed E-state index contributed by atoms with van der Waals surface area (Å²) in [7, 11) is 0. The Hall–Kier alpha value is -1.87. The molecule has 0 aliphatic carbocycles. The van der Waals surface area contributed by atoms with Crippen LogP contribution in [0, 0.1) is 6.92 Å². The minimum atomic E-state index is -0.136. The molecular weight excluding hydrogens is 302 g/mol. The van der Waals surface area contributed by atoms with Crippen LogP contribution in [0.15, 0.2) is 59.1 Å². The van der Waals surface area contributed by atoms with Crippen LogP contribution < -0.4 is 5.32 Å². The molecule has 0 bridgehead atoms. The second-order valence-electron chi connectivity index (χ2n) is 4.24. The molecule has 0 spiro atoms. The summed E-state index contributed by atoms with van der Waals surface area (Å²) in [6.45, 7) is 2.04.